The fourth-order valence-electron chi connectivity index (χ4n) is 5.88. The summed E-state index contributed by atoms with van der Waals surface area (Å²) >= 11 is 7.63. The number of halogens is 2. The van der Waals surface area contributed by atoms with Crippen molar-refractivity contribution in [3.8, 4) is 0 Å². The van der Waals surface area contributed by atoms with Gasteiger partial charge in [0.15, 0.2) is 0 Å². The molecule has 7 aromatic carbocycles. The van der Waals surface area contributed by atoms with Crippen LogP contribution < -0.4 is 9.80 Å². The lowest BCUT2D eigenvalue weighted by Gasteiger charge is -2.25. The van der Waals surface area contributed by atoms with Gasteiger partial charge >= 0.3 is 0 Å². The van der Waals surface area contributed by atoms with Gasteiger partial charge in [-0.25, -0.2) is 0 Å². The highest BCUT2D eigenvalue weighted by Crippen LogP contribution is 2.36. The van der Waals surface area contributed by atoms with Crippen LogP contribution in [0.1, 0.15) is 22.3 Å². The number of hydrogen-bond acceptors (Lipinski definition) is 2. The molecule has 0 spiro atoms. The molecule has 7 rings (SSSR count). The summed E-state index contributed by atoms with van der Waals surface area (Å²) < 4.78 is 2.06. The van der Waals surface area contributed by atoms with Gasteiger partial charge < -0.3 is 9.80 Å². The monoisotopic (exact) mass is 772 g/mol. The highest BCUT2D eigenvalue weighted by Gasteiger charge is 2.13. The fraction of sp³-hybridized carbons (Fsp3) is 0. The minimum absolute atomic E-state index is 1.03. The first kappa shape index (κ1) is 33.1. The average molecular weight is 775 g/mol. The second-order valence-corrected chi connectivity index (χ2v) is 13.5. The van der Waals surface area contributed by atoms with Crippen LogP contribution >= 0.6 is 31.9 Å². The van der Waals surface area contributed by atoms with Gasteiger partial charge in [-0.15, -0.1) is 0 Å². The molecule has 7 aromatic rings. The van der Waals surface area contributed by atoms with E-state index in [4.69, 9.17) is 0 Å². The highest BCUT2D eigenvalue weighted by molar-refractivity contribution is 9.11. The number of rotatable bonds is 10. The first-order chi connectivity index (χ1) is 24.6. The normalized spacial score (nSPS) is 11.2. The average Bonchev–Trinajstić information content (AvgIpc) is 3.17. The molecule has 2 nitrogen and oxygen atoms in total. The molecule has 0 saturated carbocycles. The van der Waals surface area contributed by atoms with Crippen molar-refractivity contribution in [2.75, 3.05) is 9.80 Å². The van der Waals surface area contributed by atoms with Crippen molar-refractivity contribution in [3.63, 3.8) is 0 Å². The maximum Gasteiger partial charge on any atom is 0.0462 e. The van der Waals surface area contributed by atoms with E-state index in [1.54, 1.807) is 0 Å². The van der Waals surface area contributed by atoms with Crippen LogP contribution in [0.4, 0.5) is 34.1 Å². The van der Waals surface area contributed by atoms with Gasteiger partial charge in [0.2, 0.25) is 0 Å². The highest BCUT2D eigenvalue weighted by atomic mass is 79.9. The molecule has 0 unspecified atom stereocenters. The maximum atomic E-state index is 3.82. The minimum Gasteiger partial charge on any atom is -0.311 e. The zero-order valence-corrected chi connectivity index (χ0v) is 30.5. The van der Waals surface area contributed by atoms with E-state index in [1.807, 2.05) is 24.3 Å². The number of para-hydroxylation sites is 4. The molecule has 0 aliphatic rings. The Labute approximate surface area is 311 Å². The zero-order chi connectivity index (χ0) is 34.1. The second kappa shape index (κ2) is 15.9. The van der Waals surface area contributed by atoms with Crippen LogP contribution in [-0.2, 0) is 0 Å². The van der Waals surface area contributed by atoms with E-state index in [0.29, 0.717) is 0 Å². The van der Waals surface area contributed by atoms with Crippen molar-refractivity contribution in [2.45, 2.75) is 0 Å². The molecule has 4 heteroatoms. The molecule has 0 fully saturated rings. The van der Waals surface area contributed by atoms with Crippen molar-refractivity contribution in [3.05, 3.63) is 213 Å². The van der Waals surface area contributed by atoms with E-state index in [0.717, 1.165) is 65.3 Å². The number of benzene rings is 7. The number of anilines is 6. The Morgan fingerprint density at radius 1 is 0.300 bits per heavy atom. The van der Waals surface area contributed by atoms with E-state index in [2.05, 4.69) is 224 Å². The lowest BCUT2D eigenvalue weighted by Crippen LogP contribution is -2.09. The van der Waals surface area contributed by atoms with E-state index >= 15 is 0 Å². The van der Waals surface area contributed by atoms with Crippen LogP contribution in [0.25, 0.3) is 24.3 Å². The molecule has 0 bridgehead atoms. The molecular weight excluding hydrogens is 740 g/mol. The lowest BCUT2D eigenvalue weighted by molar-refractivity contribution is 1.28. The summed E-state index contributed by atoms with van der Waals surface area (Å²) in [6.07, 6.45) is 8.59. The molecule has 0 atom stereocenters. The summed E-state index contributed by atoms with van der Waals surface area (Å²) in [6, 6.07) is 63.5. The Morgan fingerprint density at radius 2 is 0.560 bits per heavy atom. The summed E-state index contributed by atoms with van der Waals surface area (Å²) in [4.78, 5) is 4.54. The third kappa shape index (κ3) is 7.89. The molecule has 0 N–H and O–H groups in total. The summed E-state index contributed by atoms with van der Waals surface area (Å²) in [6.45, 7) is 0. The van der Waals surface area contributed by atoms with E-state index in [1.165, 1.54) is 0 Å². The molecule has 0 aliphatic heterocycles. The molecule has 0 saturated heterocycles. The smallest absolute Gasteiger partial charge is 0.0462 e. The molecule has 242 valence electrons. The SMILES string of the molecule is Brc1cc(/C=C/c2ccc(N(c3ccccc3)c3ccccc3)cc2)c(Br)cc1/C=C/c1ccc(N(c2ccccc2)c2ccccc2)cc1. The molecule has 0 amide bonds. The Morgan fingerprint density at radius 3 is 0.840 bits per heavy atom. The lowest BCUT2D eigenvalue weighted by atomic mass is 10.1. The first-order valence-corrected chi connectivity index (χ1v) is 18.1. The third-order valence-corrected chi connectivity index (χ3v) is 9.76. The van der Waals surface area contributed by atoms with Crippen LogP contribution in [0.2, 0.25) is 0 Å². The van der Waals surface area contributed by atoms with Crippen LogP contribution in [0.5, 0.6) is 0 Å². The topological polar surface area (TPSA) is 6.48 Å². The van der Waals surface area contributed by atoms with Gasteiger partial charge in [0, 0.05) is 43.1 Å². The molecule has 0 heterocycles. The minimum atomic E-state index is 1.03. The molecule has 0 radical (unpaired) electrons. The molecule has 50 heavy (non-hydrogen) atoms. The summed E-state index contributed by atoms with van der Waals surface area (Å²) in [7, 11) is 0. The van der Waals surface area contributed by atoms with Crippen molar-refractivity contribution < 1.29 is 0 Å². The van der Waals surface area contributed by atoms with Gasteiger partial charge in [0.1, 0.15) is 0 Å². The second-order valence-electron chi connectivity index (χ2n) is 11.8. The third-order valence-electron chi connectivity index (χ3n) is 8.39. The number of hydrogen-bond donors (Lipinski definition) is 0. The quantitative estimate of drug-likeness (QED) is 0.128. The van der Waals surface area contributed by atoms with Crippen LogP contribution in [0.3, 0.4) is 0 Å². The molecular formula is C46H34Br2N2. The van der Waals surface area contributed by atoms with Crippen molar-refractivity contribution in [2.24, 2.45) is 0 Å². The van der Waals surface area contributed by atoms with Crippen LogP contribution in [0, 0.1) is 0 Å². The van der Waals surface area contributed by atoms with E-state index in [-0.39, 0.29) is 0 Å². The summed E-state index contributed by atoms with van der Waals surface area (Å²) in [5, 5.41) is 0. The Bertz CT molecular complexity index is 1960. The van der Waals surface area contributed by atoms with Crippen LogP contribution in [-0.4, -0.2) is 0 Å². The van der Waals surface area contributed by atoms with Gasteiger partial charge in [-0.1, -0.05) is 153 Å². The largest absolute Gasteiger partial charge is 0.311 e. The standard InChI is InChI=1S/C46H34Br2N2/c47-45-34-38(28-22-36-25-31-44(32-26-36)50(41-17-9-3-10-18-41)42-19-11-4-12-20-42)46(48)33-37(45)27-21-35-23-29-43(30-24-35)49(39-13-5-1-6-14-39)40-15-7-2-8-16-40/h1-34H/b27-21+,28-22+. The van der Waals surface area contributed by atoms with Crippen molar-refractivity contribution in [1.82, 2.24) is 0 Å². The van der Waals surface area contributed by atoms with Crippen molar-refractivity contribution in [1.29, 1.82) is 0 Å². The predicted molar refractivity (Wildman–Crippen MR) is 222 cm³/mol. The van der Waals surface area contributed by atoms with Crippen LogP contribution in [0.15, 0.2) is 191 Å². The molecule has 0 aromatic heterocycles. The van der Waals surface area contributed by atoms with E-state index in [9.17, 15) is 0 Å². The van der Waals surface area contributed by atoms with Gasteiger partial charge in [-0.2, -0.15) is 0 Å². The molecule has 0 aliphatic carbocycles. The Kier molecular flexibility index (Phi) is 10.5. The Balaban J connectivity index is 1.06. The maximum absolute atomic E-state index is 3.82. The van der Waals surface area contributed by atoms with Gasteiger partial charge in [0.05, 0.1) is 0 Å². The van der Waals surface area contributed by atoms with Gasteiger partial charge in [-0.3, -0.25) is 0 Å². The fourth-order valence-corrected chi connectivity index (χ4v) is 6.86. The Hall–Kier alpha value is -5.42. The van der Waals surface area contributed by atoms with Crippen molar-refractivity contribution >= 4 is 90.3 Å². The first-order valence-electron chi connectivity index (χ1n) is 16.5. The zero-order valence-electron chi connectivity index (χ0n) is 27.3. The predicted octanol–water partition coefficient (Wildman–Crippen LogP) is 14.5. The van der Waals surface area contributed by atoms with E-state index < -0.39 is 0 Å². The summed E-state index contributed by atoms with van der Waals surface area (Å²) in [5.41, 5.74) is 11.2. The number of nitrogens with zero attached hydrogens (tertiary/aromatic N) is 2. The van der Waals surface area contributed by atoms with Gasteiger partial charge in [0.25, 0.3) is 0 Å². The summed E-state index contributed by atoms with van der Waals surface area (Å²) in [5.74, 6) is 0. The van der Waals surface area contributed by atoms with Gasteiger partial charge in [-0.05, 0) is 107 Å².